The summed E-state index contributed by atoms with van der Waals surface area (Å²) >= 11 is 7.72. The van der Waals surface area contributed by atoms with Crippen LogP contribution in [0.5, 0.6) is 0 Å². The van der Waals surface area contributed by atoms with Crippen LogP contribution in [0.3, 0.4) is 0 Å². The number of aryl methyl sites for hydroxylation is 2. The molecule has 0 saturated heterocycles. The highest BCUT2D eigenvalue weighted by Crippen LogP contribution is 2.21. The van der Waals surface area contributed by atoms with Crippen molar-refractivity contribution in [1.82, 2.24) is 9.55 Å². The third-order valence-electron chi connectivity index (χ3n) is 3.25. The first kappa shape index (κ1) is 13.3. The highest BCUT2D eigenvalue weighted by Gasteiger charge is 2.11. The Balaban J connectivity index is 2.17. The van der Waals surface area contributed by atoms with E-state index in [-0.39, 0.29) is 5.56 Å². The smallest absolute Gasteiger partial charge is 0.262 e. The van der Waals surface area contributed by atoms with Crippen molar-refractivity contribution >= 4 is 33.2 Å². The molecule has 0 aliphatic heterocycles. The lowest BCUT2D eigenvalue weighted by atomic mass is 10.2. The van der Waals surface area contributed by atoms with Crippen LogP contribution in [0.15, 0.2) is 35.1 Å². The number of halogens is 1. The van der Waals surface area contributed by atoms with Gasteiger partial charge in [0.05, 0.1) is 11.9 Å². The minimum atomic E-state index is -0.00299. The molecule has 2 aromatic heterocycles. The Morgan fingerprint density at radius 2 is 2.05 bits per heavy atom. The first-order valence-corrected chi connectivity index (χ1v) is 7.46. The zero-order valence-electron chi connectivity index (χ0n) is 11.2. The van der Waals surface area contributed by atoms with Crippen molar-refractivity contribution in [2.75, 3.05) is 0 Å². The Kier molecular flexibility index (Phi) is 3.36. The standard InChI is InChI=1S/C15H13ClN2OS/c1-9-7-12-14(20-9)17-10(2)18(15(12)19)8-11-5-3-4-6-13(11)16/h3-7H,8H2,1-2H3. The lowest BCUT2D eigenvalue weighted by Crippen LogP contribution is -2.24. The van der Waals surface area contributed by atoms with Crippen LogP contribution < -0.4 is 5.56 Å². The van der Waals surface area contributed by atoms with Crippen molar-refractivity contribution in [1.29, 1.82) is 0 Å². The second-order valence-corrected chi connectivity index (χ2v) is 6.36. The Labute approximate surface area is 125 Å². The quantitative estimate of drug-likeness (QED) is 0.722. The highest BCUT2D eigenvalue weighted by molar-refractivity contribution is 7.18. The van der Waals surface area contributed by atoms with E-state index < -0.39 is 0 Å². The molecule has 0 amide bonds. The number of fused-ring (bicyclic) bond motifs is 1. The zero-order chi connectivity index (χ0) is 14.3. The molecule has 0 spiro atoms. The molecule has 3 aromatic rings. The van der Waals surface area contributed by atoms with E-state index in [1.807, 2.05) is 44.2 Å². The lowest BCUT2D eigenvalue weighted by Gasteiger charge is -2.10. The second kappa shape index (κ2) is 5.04. The molecule has 0 saturated carbocycles. The molecule has 3 nitrogen and oxygen atoms in total. The Hall–Kier alpha value is -1.65. The van der Waals surface area contributed by atoms with Crippen LogP contribution in [-0.2, 0) is 6.54 Å². The summed E-state index contributed by atoms with van der Waals surface area (Å²) in [5, 5.41) is 1.35. The van der Waals surface area contributed by atoms with Gasteiger partial charge in [-0.2, -0.15) is 0 Å². The molecule has 2 heterocycles. The highest BCUT2D eigenvalue weighted by atomic mass is 35.5. The van der Waals surface area contributed by atoms with E-state index in [0.717, 1.165) is 15.3 Å². The predicted molar refractivity (Wildman–Crippen MR) is 83.9 cm³/mol. The first-order chi connectivity index (χ1) is 9.56. The monoisotopic (exact) mass is 304 g/mol. The number of aromatic nitrogens is 2. The van der Waals surface area contributed by atoms with E-state index in [4.69, 9.17) is 11.6 Å². The maximum atomic E-state index is 12.6. The van der Waals surface area contributed by atoms with Crippen LogP contribution in [0.2, 0.25) is 5.02 Å². The molecule has 0 unspecified atom stereocenters. The Bertz CT molecular complexity index is 851. The molecule has 3 rings (SSSR count). The van der Waals surface area contributed by atoms with Gasteiger partial charge in [-0.25, -0.2) is 4.98 Å². The minimum Gasteiger partial charge on any atom is -0.292 e. The van der Waals surface area contributed by atoms with Crippen molar-refractivity contribution in [3.8, 4) is 0 Å². The van der Waals surface area contributed by atoms with Gasteiger partial charge in [0, 0.05) is 9.90 Å². The summed E-state index contributed by atoms with van der Waals surface area (Å²) in [6.45, 7) is 4.29. The molecular formula is C15H13ClN2OS. The van der Waals surface area contributed by atoms with Gasteiger partial charge in [-0.15, -0.1) is 11.3 Å². The summed E-state index contributed by atoms with van der Waals surface area (Å²) in [6, 6.07) is 9.46. The van der Waals surface area contributed by atoms with Crippen LogP contribution in [0.25, 0.3) is 10.2 Å². The number of benzene rings is 1. The Morgan fingerprint density at radius 3 is 2.80 bits per heavy atom. The molecule has 0 N–H and O–H groups in total. The summed E-state index contributed by atoms with van der Waals surface area (Å²) in [4.78, 5) is 19.0. The topological polar surface area (TPSA) is 34.9 Å². The Morgan fingerprint density at radius 1 is 1.30 bits per heavy atom. The molecule has 0 bridgehead atoms. The third kappa shape index (κ3) is 2.25. The maximum absolute atomic E-state index is 12.6. The second-order valence-electron chi connectivity index (χ2n) is 4.72. The molecule has 0 aliphatic rings. The van der Waals surface area contributed by atoms with Gasteiger partial charge >= 0.3 is 0 Å². The average molecular weight is 305 g/mol. The summed E-state index contributed by atoms with van der Waals surface area (Å²) in [7, 11) is 0. The van der Waals surface area contributed by atoms with Gasteiger partial charge in [0.2, 0.25) is 0 Å². The van der Waals surface area contributed by atoms with Crippen molar-refractivity contribution in [3.05, 3.63) is 62.0 Å². The van der Waals surface area contributed by atoms with E-state index >= 15 is 0 Å². The van der Waals surface area contributed by atoms with E-state index in [0.29, 0.717) is 22.8 Å². The summed E-state index contributed by atoms with van der Waals surface area (Å²) in [6.07, 6.45) is 0. The largest absolute Gasteiger partial charge is 0.292 e. The molecular weight excluding hydrogens is 292 g/mol. The lowest BCUT2D eigenvalue weighted by molar-refractivity contribution is 0.714. The number of rotatable bonds is 2. The first-order valence-electron chi connectivity index (χ1n) is 6.27. The van der Waals surface area contributed by atoms with E-state index in [1.54, 1.807) is 15.9 Å². The van der Waals surface area contributed by atoms with Crippen LogP contribution >= 0.6 is 22.9 Å². The zero-order valence-corrected chi connectivity index (χ0v) is 12.8. The van der Waals surface area contributed by atoms with Crippen LogP contribution in [0, 0.1) is 13.8 Å². The van der Waals surface area contributed by atoms with Crippen LogP contribution in [0.4, 0.5) is 0 Å². The predicted octanol–water partition coefficient (Wildman–Crippen LogP) is 3.78. The molecule has 5 heteroatoms. The van der Waals surface area contributed by atoms with Crippen molar-refractivity contribution in [3.63, 3.8) is 0 Å². The number of hydrogen-bond acceptors (Lipinski definition) is 3. The number of thiophene rings is 1. The van der Waals surface area contributed by atoms with Gasteiger partial charge < -0.3 is 0 Å². The normalized spacial score (nSPS) is 11.2. The molecule has 20 heavy (non-hydrogen) atoms. The van der Waals surface area contributed by atoms with Gasteiger partial charge in [0.1, 0.15) is 10.7 Å². The fourth-order valence-electron chi connectivity index (χ4n) is 2.22. The van der Waals surface area contributed by atoms with Gasteiger partial charge in [0.15, 0.2) is 0 Å². The van der Waals surface area contributed by atoms with Gasteiger partial charge in [-0.05, 0) is 31.5 Å². The fraction of sp³-hybridized carbons (Fsp3) is 0.200. The van der Waals surface area contributed by atoms with E-state index in [9.17, 15) is 4.79 Å². The van der Waals surface area contributed by atoms with Crippen LogP contribution in [-0.4, -0.2) is 9.55 Å². The van der Waals surface area contributed by atoms with E-state index in [1.165, 1.54) is 0 Å². The molecule has 0 radical (unpaired) electrons. The van der Waals surface area contributed by atoms with Crippen molar-refractivity contribution in [2.24, 2.45) is 0 Å². The van der Waals surface area contributed by atoms with Gasteiger partial charge in [0.25, 0.3) is 5.56 Å². The summed E-state index contributed by atoms with van der Waals surface area (Å²) in [5.74, 6) is 0.712. The number of hydrogen-bond donors (Lipinski definition) is 0. The van der Waals surface area contributed by atoms with E-state index in [2.05, 4.69) is 4.98 Å². The van der Waals surface area contributed by atoms with Crippen molar-refractivity contribution < 1.29 is 0 Å². The average Bonchev–Trinajstić information content (AvgIpc) is 2.77. The van der Waals surface area contributed by atoms with Crippen molar-refractivity contribution in [2.45, 2.75) is 20.4 Å². The fourth-order valence-corrected chi connectivity index (χ4v) is 3.33. The summed E-state index contributed by atoms with van der Waals surface area (Å²) in [5.41, 5.74) is 0.921. The minimum absolute atomic E-state index is 0.00299. The summed E-state index contributed by atoms with van der Waals surface area (Å²) < 4.78 is 1.68. The third-order valence-corrected chi connectivity index (χ3v) is 4.56. The number of nitrogens with zero attached hydrogens (tertiary/aromatic N) is 2. The molecule has 0 aliphatic carbocycles. The molecule has 0 atom stereocenters. The van der Waals surface area contributed by atoms with Gasteiger partial charge in [-0.3, -0.25) is 9.36 Å². The van der Waals surface area contributed by atoms with Crippen LogP contribution in [0.1, 0.15) is 16.3 Å². The van der Waals surface area contributed by atoms with Gasteiger partial charge in [-0.1, -0.05) is 29.8 Å². The maximum Gasteiger partial charge on any atom is 0.262 e. The SMILES string of the molecule is Cc1cc2c(=O)n(Cc3ccccc3Cl)c(C)nc2s1. The molecule has 1 aromatic carbocycles. The molecule has 0 fully saturated rings. The molecule has 102 valence electrons.